The molecule has 94 valence electrons. The highest BCUT2D eigenvalue weighted by Gasteiger charge is 2.20. The second kappa shape index (κ2) is 6.37. The van der Waals surface area contributed by atoms with E-state index in [0.29, 0.717) is 6.42 Å². The van der Waals surface area contributed by atoms with Crippen LogP contribution in [0.1, 0.15) is 24.8 Å². The van der Waals surface area contributed by atoms with Gasteiger partial charge in [0.2, 0.25) is 5.91 Å². The van der Waals surface area contributed by atoms with Crippen molar-refractivity contribution in [1.29, 1.82) is 0 Å². The molecule has 0 bridgehead atoms. The lowest BCUT2D eigenvalue weighted by molar-refractivity contribution is -0.254. The number of rotatable bonds is 1. The molecule has 1 aliphatic rings. The molecule has 0 radical (unpaired) electrons. The Labute approximate surface area is 102 Å². The minimum Gasteiger partial charge on any atom is -0.400 e. The maximum Gasteiger partial charge on any atom is 0.226 e. The van der Waals surface area contributed by atoms with E-state index in [4.69, 9.17) is 5.11 Å². The van der Waals surface area contributed by atoms with Crippen LogP contribution in [-0.4, -0.2) is 24.7 Å². The summed E-state index contributed by atoms with van der Waals surface area (Å²) in [5.74, 6) is 0.251. The first-order valence-corrected chi connectivity index (χ1v) is 5.86. The number of aryl methyl sites for hydroxylation is 1. The van der Waals surface area contributed by atoms with Crippen LogP contribution in [0.3, 0.4) is 0 Å². The molecule has 1 aliphatic heterocycles. The third kappa shape index (κ3) is 3.28. The SMILES string of the molecule is CO.Cc1cc([NH3+])ccc1N1CCCCC1=O. The summed E-state index contributed by atoms with van der Waals surface area (Å²) in [6, 6.07) is 5.99. The molecule has 1 heterocycles. The number of benzene rings is 1. The summed E-state index contributed by atoms with van der Waals surface area (Å²) in [5, 5.41) is 7.00. The highest BCUT2D eigenvalue weighted by molar-refractivity contribution is 5.94. The van der Waals surface area contributed by atoms with Crippen LogP contribution in [0.5, 0.6) is 0 Å². The van der Waals surface area contributed by atoms with Crippen LogP contribution < -0.4 is 10.6 Å². The highest BCUT2D eigenvalue weighted by atomic mass is 16.2. The van der Waals surface area contributed by atoms with Crippen molar-refractivity contribution in [2.75, 3.05) is 18.6 Å². The Morgan fingerprint density at radius 1 is 1.29 bits per heavy atom. The minimum absolute atomic E-state index is 0.251. The fourth-order valence-corrected chi connectivity index (χ4v) is 2.08. The van der Waals surface area contributed by atoms with E-state index >= 15 is 0 Å². The van der Waals surface area contributed by atoms with E-state index in [1.54, 1.807) is 0 Å². The fourth-order valence-electron chi connectivity index (χ4n) is 2.08. The van der Waals surface area contributed by atoms with Gasteiger partial charge in [0.1, 0.15) is 5.69 Å². The van der Waals surface area contributed by atoms with Gasteiger partial charge >= 0.3 is 0 Å². The lowest BCUT2D eigenvalue weighted by atomic mass is 10.1. The summed E-state index contributed by atoms with van der Waals surface area (Å²) < 4.78 is 0. The number of carbonyl (C=O) groups excluding carboxylic acids is 1. The van der Waals surface area contributed by atoms with Crippen molar-refractivity contribution in [1.82, 2.24) is 0 Å². The smallest absolute Gasteiger partial charge is 0.226 e. The Morgan fingerprint density at radius 2 is 2.00 bits per heavy atom. The number of aliphatic hydroxyl groups is 1. The lowest BCUT2D eigenvalue weighted by Gasteiger charge is -2.28. The van der Waals surface area contributed by atoms with Gasteiger partial charge in [0, 0.05) is 37.9 Å². The quantitative estimate of drug-likeness (QED) is 0.765. The van der Waals surface area contributed by atoms with E-state index in [0.717, 1.165) is 43.4 Å². The number of piperidine rings is 1. The highest BCUT2D eigenvalue weighted by Crippen LogP contribution is 2.25. The number of amides is 1. The maximum atomic E-state index is 11.7. The number of aliphatic hydroxyl groups excluding tert-OH is 1. The molecule has 2 rings (SSSR count). The Hall–Kier alpha value is -1.39. The molecule has 1 saturated heterocycles. The molecule has 1 aromatic carbocycles. The normalized spacial score (nSPS) is 15.3. The predicted molar refractivity (Wildman–Crippen MR) is 68.1 cm³/mol. The second-order valence-corrected chi connectivity index (χ2v) is 4.12. The first kappa shape index (κ1) is 13.7. The average molecular weight is 237 g/mol. The van der Waals surface area contributed by atoms with Gasteiger partial charge in [0.05, 0.1) is 0 Å². The molecular formula is C13H21N2O2+. The van der Waals surface area contributed by atoms with Gasteiger partial charge in [0.15, 0.2) is 0 Å². The molecule has 1 aromatic rings. The summed E-state index contributed by atoms with van der Waals surface area (Å²) >= 11 is 0. The molecule has 0 aromatic heterocycles. The molecule has 17 heavy (non-hydrogen) atoms. The largest absolute Gasteiger partial charge is 0.400 e. The molecule has 4 nitrogen and oxygen atoms in total. The topological polar surface area (TPSA) is 68.2 Å². The van der Waals surface area contributed by atoms with Crippen LogP contribution in [0.15, 0.2) is 18.2 Å². The number of nitrogens with zero attached hydrogens (tertiary/aromatic N) is 1. The van der Waals surface area contributed by atoms with Gasteiger partial charge in [-0.15, -0.1) is 0 Å². The van der Waals surface area contributed by atoms with Crippen molar-refractivity contribution in [3.8, 4) is 0 Å². The van der Waals surface area contributed by atoms with Crippen molar-refractivity contribution in [2.45, 2.75) is 26.2 Å². The van der Waals surface area contributed by atoms with Gasteiger partial charge in [-0.2, -0.15) is 0 Å². The third-order valence-corrected chi connectivity index (χ3v) is 2.88. The first-order chi connectivity index (χ1) is 8.18. The van der Waals surface area contributed by atoms with Crippen LogP contribution in [-0.2, 0) is 4.79 Å². The van der Waals surface area contributed by atoms with E-state index in [-0.39, 0.29) is 5.91 Å². The van der Waals surface area contributed by atoms with Gasteiger partial charge in [-0.3, -0.25) is 4.79 Å². The van der Waals surface area contributed by atoms with Gasteiger partial charge in [-0.05, 0) is 31.4 Å². The summed E-state index contributed by atoms with van der Waals surface area (Å²) in [5.41, 5.74) is 7.07. The first-order valence-electron chi connectivity index (χ1n) is 5.86. The van der Waals surface area contributed by atoms with Gasteiger partial charge in [0.25, 0.3) is 0 Å². The molecule has 0 saturated carbocycles. The molecule has 1 amide bonds. The summed E-state index contributed by atoms with van der Waals surface area (Å²) in [6.45, 7) is 2.89. The van der Waals surface area contributed by atoms with Gasteiger partial charge < -0.3 is 15.7 Å². The van der Waals surface area contributed by atoms with Crippen LogP contribution in [0.4, 0.5) is 11.4 Å². The Balaban J connectivity index is 0.000000686. The van der Waals surface area contributed by atoms with Crippen molar-refractivity contribution < 1.29 is 15.6 Å². The maximum absolute atomic E-state index is 11.7. The Bertz CT molecular complexity index is 391. The summed E-state index contributed by atoms with van der Waals surface area (Å²) in [4.78, 5) is 13.6. The number of hydrogen-bond acceptors (Lipinski definition) is 2. The van der Waals surface area contributed by atoms with Crippen molar-refractivity contribution in [2.24, 2.45) is 0 Å². The standard InChI is InChI=1S/C12H16N2O.CH4O/c1-9-8-10(13)5-6-11(9)14-7-3-2-4-12(14)15;1-2/h5-6,8H,2-4,7,13H2,1H3;2H,1H3/p+1. The van der Waals surface area contributed by atoms with Crippen molar-refractivity contribution in [3.05, 3.63) is 23.8 Å². The monoisotopic (exact) mass is 237 g/mol. The number of quaternary nitrogens is 1. The Morgan fingerprint density at radius 3 is 2.59 bits per heavy atom. The zero-order valence-corrected chi connectivity index (χ0v) is 10.6. The fraction of sp³-hybridized carbons (Fsp3) is 0.462. The average Bonchev–Trinajstić information content (AvgIpc) is 2.33. The Kier molecular flexibility index (Phi) is 5.12. The van der Waals surface area contributed by atoms with E-state index in [1.807, 2.05) is 30.0 Å². The molecule has 0 aliphatic carbocycles. The molecule has 1 fully saturated rings. The van der Waals surface area contributed by atoms with E-state index in [9.17, 15) is 4.79 Å². The zero-order chi connectivity index (χ0) is 12.8. The summed E-state index contributed by atoms with van der Waals surface area (Å²) in [6.07, 6.45) is 2.82. The number of carbonyl (C=O) groups is 1. The van der Waals surface area contributed by atoms with Gasteiger partial charge in [-0.25, -0.2) is 0 Å². The molecule has 4 heteroatoms. The molecule has 0 spiro atoms. The lowest BCUT2D eigenvalue weighted by Crippen LogP contribution is -2.40. The summed E-state index contributed by atoms with van der Waals surface area (Å²) in [7, 11) is 1.00. The molecular weight excluding hydrogens is 216 g/mol. The van der Waals surface area contributed by atoms with E-state index < -0.39 is 0 Å². The van der Waals surface area contributed by atoms with Crippen LogP contribution in [0, 0.1) is 6.92 Å². The molecule has 4 N–H and O–H groups in total. The zero-order valence-electron chi connectivity index (χ0n) is 10.6. The van der Waals surface area contributed by atoms with Gasteiger partial charge in [-0.1, -0.05) is 0 Å². The van der Waals surface area contributed by atoms with Crippen LogP contribution >= 0.6 is 0 Å². The second-order valence-electron chi connectivity index (χ2n) is 4.12. The van der Waals surface area contributed by atoms with Crippen LogP contribution in [0.25, 0.3) is 0 Å². The van der Waals surface area contributed by atoms with E-state index in [1.165, 1.54) is 0 Å². The predicted octanol–water partition coefficient (Wildman–Crippen LogP) is 0.994. The molecule has 0 atom stereocenters. The number of hydrogen-bond donors (Lipinski definition) is 2. The van der Waals surface area contributed by atoms with Crippen molar-refractivity contribution in [3.63, 3.8) is 0 Å². The third-order valence-electron chi connectivity index (χ3n) is 2.88. The van der Waals surface area contributed by atoms with Crippen molar-refractivity contribution >= 4 is 17.3 Å². The van der Waals surface area contributed by atoms with Crippen LogP contribution in [0.2, 0.25) is 0 Å². The minimum atomic E-state index is 0.251. The molecule has 0 unspecified atom stereocenters. The van der Waals surface area contributed by atoms with E-state index in [2.05, 4.69) is 5.73 Å². The number of anilines is 1.